The second-order valence-electron chi connectivity index (χ2n) is 4.98. The first kappa shape index (κ1) is 15.5. The average molecular weight is 294 g/mol. The van der Waals surface area contributed by atoms with E-state index in [1.165, 1.54) is 19.1 Å². The molecular weight excluding hydrogens is 279 g/mol. The molecule has 0 aromatic heterocycles. The minimum atomic E-state index is -0.598. The van der Waals surface area contributed by atoms with Gasteiger partial charge in [-0.05, 0) is 54.8 Å². The number of nitrogens with two attached hydrogens (primary N) is 1. The van der Waals surface area contributed by atoms with Gasteiger partial charge in [-0.3, -0.25) is 4.79 Å². The molecule has 0 saturated heterocycles. The molecule has 0 atom stereocenters. The van der Waals surface area contributed by atoms with Crippen molar-refractivity contribution in [3.63, 3.8) is 0 Å². The number of hydrogen-bond acceptors (Lipinski definition) is 3. The van der Waals surface area contributed by atoms with Gasteiger partial charge < -0.3 is 5.73 Å². The van der Waals surface area contributed by atoms with E-state index in [2.05, 4.69) is 0 Å². The van der Waals surface area contributed by atoms with Gasteiger partial charge in [-0.1, -0.05) is 18.2 Å². The molecule has 3 nitrogen and oxygen atoms in total. The van der Waals surface area contributed by atoms with Crippen molar-refractivity contribution < 1.29 is 9.18 Å². The molecule has 0 spiro atoms. The summed E-state index contributed by atoms with van der Waals surface area (Å²) in [6, 6.07) is 13.0. The maximum absolute atomic E-state index is 13.8. The number of allylic oxidation sites excluding steroid dienone is 2. The number of halogens is 1. The summed E-state index contributed by atoms with van der Waals surface area (Å²) in [6.07, 6.45) is 0. The first-order chi connectivity index (χ1) is 10.4. The van der Waals surface area contributed by atoms with Crippen LogP contribution in [0.5, 0.6) is 0 Å². The van der Waals surface area contributed by atoms with Gasteiger partial charge >= 0.3 is 0 Å². The fourth-order valence-electron chi connectivity index (χ4n) is 2.32. The number of anilines is 1. The number of nitrogens with zero attached hydrogens (tertiary/aromatic N) is 1. The number of Topliss-reactive ketones (excluding diaryl/α,β-unsaturated/α-hetero) is 1. The zero-order chi connectivity index (χ0) is 16.3. The van der Waals surface area contributed by atoms with Gasteiger partial charge in [0, 0.05) is 11.3 Å². The van der Waals surface area contributed by atoms with Crippen molar-refractivity contribution in [3.05, 3.63) is 65.0 Å². The molecule has 0 fully saturated rings. The minimum absolute atomic E-state index is 0.0200. The quantitative estimate of drug-likeness (QED) is 0.532. The Morgan fingerprint density at radius 2 is 1.68 bits per heavy atom. The number of benzene rings is 2. The van der Waals surface area contributed by atoms with Gasteiger partial charge in [-0.15, -0.1) is 0 Å². The summed E-state index contributed by atoms with van der Waals surface area (Å²) in [4.78, 5) is 12.0. The van der Waals surface area contributed by atoms with Crippen molar-refractivity contribution >= 4 is 22.6 Å². The summed E-state index contributed by atoms with van der Waals surface area (Å²) in [5.74, 6) is -0.716. The van der Waals surface area contributed by atoms with Gasteiger partial charge in [-0.2, -0.15) is 5.26 Å². The Bertz CT molecular complexity index is 799. The SMILES string of the molecule is CC(=O)C(=C(C)c1ccc(C#N)c(F)c1)c1ccc(N)cc1. The Morgan fingerprint density at radius 1 is 1.09 bits per heavy atom. The van der Waals surface area contributed by atoms with Crippen LogP contribution in [0.1, 0.15) is 30.5 Å². The first-order valence-corrected chi connectivity index (χ1v) is 6.71. The number of hydrogen-bond donors (Lipinski definition) is 1. The highest BCUT2D eigenvalue weighted by atomic mass is 19.1. The topological polar surface area (TPSA) is 66.9 Å². The first-order valence-electron chi connectivity index (χ1n) is 6.71. The summed E-state index contributed by atoms with van der Waals surface area (Å²) >= 11 is 0. The van der Waals surface area contributed by atoms with E-state index in [1.807, 2.05) is 0 Å². The lowest BCUT2D eigenvalue weighted by molar-refractivity contribution is -0.111. The van der Waals surface area contributed by atoms with Crippen LogP contribution in [0, 0.1) is 17.1 Å². The second-order valence-corrected chi connectivity index (χ2v) is 4.98. The van der Waals surface area contributed by atoms with Crippen LogP contribution in [0.15, 0.2) is 42.5 Å². The highest BCUT2D eigenvalue weighted by molar-refractivity contribution is 6.26. The molecule has 0 amide bonds. The summed E-state index contributed by atoms with van der Waals surface area (Å²) in [5.41, 5.74) is 8.70. The van der Waals surface area contributed by atoms with E-state index in [0.717, 1.165) is 5.56 Å². The van der Waals surface area contributed by atoms with Gasteiger partial charge in [0.05, 0.1) is 5.56 Å². The molecule has 110 valence electrons. The standard InChI is InChI=1S/C18H15FN2O/c1-11(14-3-4-15(10-20)17(19)9-14)18(12(2)22)13-5-7-16(21)8-6-13/h3-9H,21H2,1-2H3. The highest BCUT2D eigenvalue weighted by Gasteiger charge is 2.14. The van der Waals surface area contributed by atoms with E-state index in [0.29, 0.717) is 22.4 Å². The van der Waals surface area contributed by atoms with Crippen molar-refractivity contribution in [2.24, 2.45) is 0 Å². The molecule has 2 rings (SSSR count). The van der Waals surface area contributed by atoms with E-state index in [1.54, 1.807) is 43.3 Å². The largest absolute Gasteiger partial charge is 0.399 e. The van der Waals surface area contributed by atoms with Crippen molar-refractivity contribution in [3.8, 4) is 6.07 Å². The fourth-order valence-corrected chi connectivity index (χ4v) is 2.32. The smallest absolute Gasteiger partial charge is 0.160 e. The van der Waals surface area contributed by atoms with Crippen molar-refractivity contribution in [2.75, 3.05) is 5.73 Å². The van der Waals surface area contributed by atoms with E-state index in [-0.39, 0.29) is 11.3 Å². The Labute approximate surface area is 128 Å². The maximum atomic E-state index is 13.8. The van der Waals surface area contributed by atoms with Crippen LogP contribution in [0.2, 0.25) is 0 Å². The monoisotopic (exact) mass is 294 g/mol. The van der Waals surface area contributed by atoms with Crippen LogP contribution in [0.3, 0.4) is 0 Å². The molecule has 0 unspecified atom stereocenters. The molecule has 0 aliphatic carbocycles. The van der Waals surface area contributed by atoms with Gasteiger partial charge in [0.2, 0.25) is 0 Å². The molecular formula is C18H15FN2O. The average Bonchev–Trinajstić information content (AvgIpc) is 2.49. The number of rotatable bonds is 3. The number of ketones is 1. The van der Waals surface area contributed by atoms with Gasteiger partial charge in [0.15, 0.2) is 5.78 Å². The molecule has 4 heteroatoms. The molecule has 2 aromatic rings. The van der Waals surface area contributed by atoms with E-state index in [4.69, 9.17) is 11.0 Å². The Hall–Kier alpha value is -2.93. The highest BCUT2D eigenvalue weighted by Crippen LogP contribution is 2.28. The molecule has 0 aliphatic rings. The van der Waals surface area contributed by atoms with E-state index in [9.17, 15) is 9.18 Å². The molecule has 0 aliphatic heterocycles. The van der Waals surface area contributed by atoms with Crippen LogP contribution in [0.4, 0.5) is 10.1 Å². The normalized spacial score (nSPS) is 11.5. The van der Waals surface area contributed by atoms with Crippen molar-refractivity contribution in [1.29, 1.82) is 5.26 Å². The number of carbonyl (C=O) groups is 1. The van der Waals surface area contributed by atoms with Gasteiger partial charge in [0.25, 0.3) is 0 Å². The van der Waals surface area contributed by atoms with Gasteiger partial charge in [-0.25, -0.2) is 4.39 Å². The molecule has 0 bridgehead atoms. The van der Waals surface area contributed by atoms with Crippen LogP contribution in [-0.4, -0.2) is 5.78 Å². The van der Waals surface area contributed by atoms with Crippen molar-refractivity contribution in [1.82, 2.24) is 0 Å². The van der Waals surface area contributed by atoms with Gasteiger partial charge in [0.1, 0.15) is 11.9 Å². The second kappa shape index (κ2) is 6.23. The molecule has 0 radical (unpaired) electrons. The molecule has 2 aromatic carbocycles. The van der Waals surface area contributed by atoms with Crippen LogP contribution in [-0.2, 0) is 4.79 Å². The Kier molecular flexibility index (Phi) is 4.38. The van der Waals surface area contributed by atoms with E-state index >= 15 is 0 Å². The molecule has 2 N–H and O–H groups in total. The lowest BCUT2D eigenvalue weighted by Gasteiger charge is -2.11. The Balaban J connectivity index is 2.61. The maximum Gasteiger partial charge on any atom is 0.160 e. The summed E-state index contributed by atoms with van der Waals surface area (Å²) in [6.45, 7) is 3.23. The summed E-state index contributed by atoms with van der Waals surface area (Å²) in [7, 11) is 0. The zero-order valence-electron chi connectivity index (χ0n) is 12.4. The van der Waals surface area contributed by atoms with E-state index < -0.39 is 5.82 Å². The third-order valence-corrected chi connectivity index (χ3v) is 3.45. The molecule has 22 heavy (non-hydrogen) atoms. The van der Waals surface area contributed by atoms with Crippen LogP contribution in [0.25, 0.3) is 11.1 Å². The third-order valence-electron chi connectivity index (χ3n) is 3.45. The minimum Gasteiger partial charge on any atom is -0.399 e. The summed E-state index contributed by atoms with van der Waals surface area (Å²) in [5, 5.41) is 8.78. The van der Waals surface area contributed by atoms with Crippen LogP contribution >= 0.6 is 0 Å². The predicted octanol–water partition coefficient (Wildman–Crippen LogP) is 3.80. The van der Waals surface area contributed by atoms with Crippen LogP contribution < -0.4 is 5.73 Å². The zero-order valence-corrected chi connectivity index (χ0v) is 12.4. The number of carbonyl (C=O) groups excluding carboxylic acids is 1. The lowest BCUT2D eigenvalue weighted by Crippen LogP contribution is -2.00. The Morgan fingerprint density at radius 3 is 2.18 bits per heavy atom. The third kappa shape index (κ3) is 3.04. The molecule has 0 heterocycles. The van der Waals surface area contributed by atoms with Crippen molar-refractivity contribution in [2.45, 2.75) is 13.8 Å². The summed E-state index contributed by atoms with van der Waals surface area (Å²) < 4.78 is 13.8. The number of nitrogen functional groups attached to an aromatic ring is 1. The predicted molar refractivity (Wildman–Crippen MR) is 85.1 cm³/mol. The number of nitriles is 1. The molecule has 0 saturated carbocycles. The lowest BCUT2D eigenvalue weighted by atomic mass is 9.92. The fraction of sp³-hybridized carbons (Fsp3) is 0.111.